The van der Waals surface area contributed by atoms with E-state index >= 15 is 0 Å². The Balaban J connectivity index is 1.95. The first kappa shape index (κ1) is 23.7. The van der Waals surface area contributed by atoms with Crippen molar-refractivity contribution >= 4 is 5.97 Å². The van der Waals surface area contributed by atoms with Crippen molar-refractivity contribution in [1.29, 1.82) is 0 Å². The number of aryl methyl sites for hydroxylation is 1. The lowest BCUT2D eigenvalue weighted by atomic mass is 10.1. The van der Waals surface area contributed by atoms with E-state index in [0.717, 1.165) is 12.8 Å². The lowest BCUT2D eigenvalue weighted by Gasteiger charge is -2.06. The summed E-state index contributed by atoms with van der Waals surface area (Å²) in [6.45, 7) is 5.02. The molecule has 0 spiro atoms. The third-order valence-electron chi connectivity index (χ3n) is 5.24. The Hall–Kier alpha value is -1.31. The Kier molecular flexibility index (Phi) is 14.8. The third-order valence-corrected chi connectivity index (χ3v) is 5.24. The lowest BCUT2D eigenvalue weighted by Crippen LogP contribution is -2.06. The number of hydrogen-bond donors (Lipinski definition) is 0. The molecule has 0 amide bonds. The summed E-state index contributed by atoms with van der Waals surface area (Å²) in [5.41, 5.74) is 1.98. The van der Waals surface area contributed by atoms with Crippen molar-refractivity contribution in [2.75, 3.05) is 6.61 Å². The van der Waals surface area contributed by atoms with E-state index in [-0.39, 0.29) is 5.97 Å². The molecular formula is C25H42O2. The molecule has 0 atom stereocenters. The molecule has 154 valence electrons. The molecule has 0 N–H and O–H groups in total. The molecule has 2 heteroatoms. The summed E-state index contributed by atoms with van der Waals surface area (Å²) >= 11 is 0. The molecule has 2 nitrogen and oxygen atoms in total. The van der Waals surface area contributed by atoms with Crippen molar-refractivity contribution < 1.29 is 9.53 Å². The molecule has 1 aromatic carbocycles. The van der Waals surface area contributed by atoms with Gasteiger partial charge in [0.2, 0.25) is 0 Å². The summed E-state index contributed by atoms with van der Waals surface area (Å²) < 4.78 is 5.40. The van der Waals surface area contributed by atoms with Crippen molar-refractivity contribution in [2.45, 2.75) is 110 Å². The highest BCUT2D eigenvalue weighted by Gasteiger charge is 2.06. The normalized spacial score (nSPS) is 10.9. The molecule has 27 heavy (non-hydrogen) atoms. The average molecular weight is 375 g/mol. The smallest absolute Gasteiger partial charge is 0.338 e. The lowest BCUT2D eigenvalue weighted by molar-refractivity contribution is 0.0497. The first-order valence-electron chi connectivity index (χ1n) is 11.5. The third kappa shape index (κ3) is 12.7. The highest BCUT2D eigenvalue weighted by molar-refractivity contribution is 5.89. The van der Waals surface area contributed by atoms with Crippen LogP contribution in [-0.2, 0) is 11.2 Å². The van der Waals surface area contributed by atoms with E-state index in [4.69, 9.17) is 4.74 Å². The standard InChI is InChI=1S/C25H42O2/c1-3-5-7-8-9-10-11-12-13-14-15-16-22-27-25(26)24-20-18-23(19-21-24)17-6-4-2/h18-21H,3-17,22H2,1-2H3. The molecule has 0 saturated heterocycles. The van der Waals surface area contributed by atoms with Crippen LogP contribution in [0.2, 0.25) is 0 Å². The monoisotopic (exact) mass is 374 g/mol. The van der Waals surface area contributed by atoms with Crippen molar-refractivity contribution in [2.24, 2.45) is 0 Å². The van der Waals surface area contributed by atoms with E-state index in [1.54, 1.807) is 0 Å². The molecule has 0 fully saturated rings. The number of esters is 1. The largest absolute Gasteiger partial charge is 0.462 e. The number of ether oxygens (including phenoxy) is 1. The van der Waals surface area contributed by atoms with E-state index < -0.39 is 0 Å². The topological polar surface area (TPSA) is 26.3 Å². The second kappa shape index (κ2) is 16.8. The molecule has 0 radical (unpaired) electrons. The SMILES string of the molecule is CCCCCCCCCCCCCCOC(=O)c1ccc(CCCC)cc1. The zero-order chi connectivity index (χ0) is 19.6. The average Bonchev–Trinajstić information content (AvgIpc) is 2.70. The zero-order valence-electron chi connectivity index (χ0n) is 17.9. The minimum absolute atomic E-state index is 0.180. The molecule has 0 saturated carbocycles. The molecule has 0 heterocycles. The van der Waals surface area contributed by atoms with Crippen LogP contribution in [0.4, 0.5) is 0 Å². The van der Waals surface area contributed by atoms with Crippen LogP contribution in [0.15, 0.2) is 24.3 Å². The fourth-order valence-electron chi connectivity index (χ4n) is 3.38. The molecule has 0 bridgehead atoms. The van der Waals surface area contributed by atoms with Crippen LogP contribution < -0.4 is 0 Å². The number of rotatable bonds is 17. The Morgan fingerprint density at radius 2 is 1.15 bits per heavy atom. The van der Waals surface area contributed by atoms with E-state index in [2.05, 4.69) is 26.0 Å². The van der Waals surface area contributed by atoms with Gasteiger partial charge in [0.15, 0.2) is 0 Å². The van der Waals surface area contributed by atoms with Crippen LogP contribution in [0.1, 0.15) is 120 Å². The molecule has 0 aliphatic heterocycles. The van der Waals surface area contributed by atoms with Gasteiger partial charge in [-0.1, -0.05) is 103 Å². The van der Waals surface area contributed by atoms with E-state index in [1.165, 1.54) is 89.0 Å². The number of carbonyl (C=O) groups excluding carboxylic acids is 1. The van der Waals surface area contributed by atoms with Gasteiger partial charge in [-0.05, 0) is 37.0 Å². The van der Waals surface area contributed by atoms with Gasteiger partial charge in [0, 0.05) is 0 Å². The molecule has 1 aromatic rings. The summed E-state index contributed by atoms with van der Waals surface area (Å²) in [7, 11) is 0. The van der Waals surface area contributed by atoms with Gasteiger partial charge in [-0.2, -0.15) is 0 Å². The van der Waals surface area contributed by atoms with Crippen LogP contribution in [0.25, 0.3) is 0 Å². The van der Waals surface area contributed by atoms with Gasteiger partial charge in [0.05, 0.1) is 12.2 Å². The summed E-state index contributed by atoms with van der Waals surface area (Å²) in [6, 6.07) is 7.90. The minimum atomic E-state index is -0.180. The molecule has 0 unspecified atom stereocenters. The first-order valence-corrected chi connectivity index (χ1v) is 11.5. The van der Waals surface area contributed by atoms with E-state index in [0.29, 0.717) is 12.2 Å². The van der Waals surface area contributed by atoms with Crippen LogP contribution in [0.3, 0.4) is 0 Å². The Morgan fingerprint density at radius 1 is 0.667 bits per heavy atom. The van der Waals surface area contributed by atoms with Gasteiger partial charge in [-0.3, -0.25) is 0 Å². The van der Waals surface area contributed by atoms with E-state index in [1.807, 2.05) is 12.1 Å². The van der Waals surface area contributed by atoms with Crippen LogP contribution in [-0.4, -0.2) is 12.6 Å². The highest BCUT2D eigenvalue weighted by Crippen LogP contribution is 2.13. The van der Waals surface area contributed by atoms with Gasteiger partial charge in [-0.25, -0.2) is 4.79 Å². The van der Waals surface area contributed by atoms with Crippen molar-refractivity contribution in [3.8, 4) is 0 Å². The number of hydrogen-bond acceptors (Lipinski definition) is 2. The van der Waals surface area contributed by atoms with Gasteiger partial charge in [0.1, 0.15) is 0 Å². The van der Waals surface area contributed by atoms with Crippen molar-refractivity contribution in [3.05, 3.63) is 35.4 Å². The fraction of sp³-hybridized carbons (Fsp3) is 0.720. The summed E-state index contributed by atoms with van der Waals surface area (Å²) in [5.74, 6) is -0.180. The van der Waals surface area contributed by atoms with Gasteiger partial charge >= 0.3 is 5.97 Å². The van der Waals surface area contributed by atoms with Gasteiger partial charge in [-0.15, -0.1) is 0 Å². The van der Waals surface area contributed by atoms with Crippen LogP contribution >= 0.6 is 0 Å². The molecule has 0 aliphatic rings. The minimum Gasteiger partial charge on any atom is -0.462 e. The maximum Gasteiger partial charge on any atom is 0.338 e. The Morgan fingerprint density at radius 3 is 1.67 bits per heavy atom. The molecule has 0 aliphatic carbocycles. The maximum atomic E-state index is 12.0. The van der Waals surface area contributed by atoms with E-state index in [9.17, 15) is 4.79 Å². The first-order chi connectivity index (χ1) is 13.3. The fourth-order valence-corrected chi connectivity index (χ4v) is 3.38. The van der Waals surface area contributed by atoms with Gasteiger partial charge in [0.25, 0.3) is 0 Å². The second-order valence-corrected chi connectivity index (χ2v) is 7.83. The number of unbranched alkanes of at least 4 members (excludes halogenated alkanes) is 12. The van der Waals surface area contributed by atoms with Crippen LogP contribution in [0.5, 0.6) is 0 Å². The highest BCUT2D eigenvalue weighted by atomic mass is 16.5. The van der Waals surface area contributed by atoms with Gasteiger partial charge < -0.3 is 4.74 Å². The predicted octanol–water partition coefficient (Wildman–Crippen LogP) is 7.89. The molecule has 0 aromatic heterocycles. The quantitative estimate of drug-likeness (QED) is 0.205. The summed E-state index contributed by atoms with van der Waals surface area (Å²) in [5, 5.41) is 0. The summed E-state index contributed by atoms with van der Waals surface area (Å²) in [4.78, 5) is 12.0. The van der Waals surface area contributed by atoms with Crippen LogP contribution in [0, 0.1) is 0 Å². The predicted molar refractivity (Wildman–Crippen MR) is 116 cm³/mol. The molecule has 1 rings (SSSR count). The van der Waals surface area contributed by atoms with Crippen molar-refractivity contribution in [3.63, 3.8) is 0 Å². The maximum absolute atomic E-state index is 12.0. The Bertz CT molecular complexity index is 464. The molecular weight excluding hydrogens is 332 g/mol. The number of carbonyl (C=O) groups is 1. The van der Waals surface area contributed by atoms with Crippen molar-refractivity contribution in [1.82, 2.24) is 0 Å². The number of benzene rings is 1. The Labute approximate surface area is 168 Å². The zero-order valence-corrected chi connectivity index (χ0v) is 17.9. The second-order valence-electron chi connectivity index (χ2n) is 7.83. The summed E-state index contributed by atoms with van der Waals surface area (Å²) in [6.07, 6.45) is 19.3.